The minimum absolute atomic E-state index is 0.175. The Balaban J connectivity index is 2.12. The highest BCUT2D eigenvalue weighted by atomic mass is 16.5. The Kier molecular flexibility index (Phi) is 2.54. The maximum Gasteiger partial charge on any atom is 0.306 e. The SMILES string of the molecule is COC(=O)CC1CNCc2occc21. The van der Waals surface area contributed by atoms with Crippen molar-refractivity contribution in [2.24, 2.45) is 0 Å². The topological polar surface area (TPSA) is 51.5 Å². The summed E-state index contributed by atoms with van der Waals surface area (Å²) in [6.45, 7) is 1.56. The summed E-state index contributed by atoms with van der Waals surface area (Å²) >= 11 is 0. The van der Waals surface area contributed by atoms with Crippen molar-refractivity contribution < 1.29 is 13.9 Å². The van der Waals surface area contributed by atoms with Crippen LogP contribution in [0.25, 0.3) is 0 Å². The van der Waals surface area contributed by atoms with E-state index in [2.05, 4.69) is 10.1 Å². The van der Waals surface area contributed by atoms with E-state index < -0.39 is 0 Å². The van der Waals surface area contributed by atoms with Crippen LogP contribution >= 0.6 is 0 Å². The molecule has 0 saturated heterocycles. The van der Waals surface area contributed by atoms with Crippen molar-refractivity contribution >= 4 is 5.97 Å². The van der Waals surface area contributed by atoms with Gasteiger partial charge in [-0.1, -0.05) is 0 Å². The van der Waals surface area contributed by atoms with Gasteiger partial charge in [0, 0.05) is 12.5 Å². The highest BCUT2D eigenvalue weighted by Gasteiger charge is 2.24. The molecule has 1 aromatic rings. The number of methoxy groups -OCH3 is 1. The van der Waals surface area contributed by atoms with E-state index in [0.717, 1.165) is 24.4 Å². The predicted octanol–water partition coefficient (Wildman–Crippen LogP) is 1.03. The number of ether oxygens (including phenoxy) is 1. The van der Waals surface area contributed by atoms with Crippen LogP contribution in [0.4, 0.5) is 0 Å². The van der Waals surface area contributed by atoms with Crippen molar-refractivity contribution in [1.82, 2.24) is 5.32 Å². The third kappa shape index (κ3) is 1.65. The number of carbonyl (C=O) groups excluding carboxylic acids is 1. The average Bonchev–Trinajstić information content (AvgIpc) is 2.66. The van der Waals surface area contributed by atoms with E-state index in [1.165, 1.54) is 7.11 Å². The normalized spacial score (nSPS) is 20.2. The molecule has 0 fully saturated rings. The molecule has 1 N–H and O–H groups in total. The van der Waals surface area contributed by atoms with Crippen molar-refractivity contribution in [3.63, 3.8) is 0 Å². The smallest absolute Gasteiger partial charge is 0.306 e. The second kappa shape index (κ2) is 3.84. The fraction of sp³-hybridized carbons (Fsp3) is 0.500. The maximum atomic E-state index is 11.1. The van der Waals surface area contributed by atoms with Gasteiger partial charge in [-0.05, 0) is 11.6 Å². The molecule has 2 rings (SSSR count). The molecular weight excluding hydrogens is 182 g/mol. The number of hydrogen-bond donors (Lipinski definition) is 1. The van der Waals surface area contributed by atoms with Crippen molar-refractivity contribution in [1.29, 1.82) is 0 Å². The van der Waals surface area contributed by atoms with Crippen LogP contribution in [0, 0.1) is 0 Å². The minimum atomic E-state index is -0.175. The van der Waals surface area contributed by atoms with Gasteiger partial charge in [0.15, 0.2) is 0 Å². The van der Waals surface area contributed by atoms with Crippen molar-refractivity contribution in [2.45, 2.75) is 18.9 Å². The van der Waals surface area contributed by atoms with Gasteiger partial charge in [-0.3, -0.25) is 4.79 Å². The maximum absolute atomic E-state index is 11.1. The summed E-state index contributed by atoms with van der Waals surface area (Å²) in [6.07, 6.45) is 2.08. The van der Waals surface area contributed by atoms with Crippen LogP contribution in [0.15, 0.2) is 16.7 Å². The number of hydrogen-bond acceptors (Lipinski definition) is 4. The molecule has 1 unspecified atom stereocenters. The molecule has 0 saturated carbocycles. The molecule has 2 heterocycles. The second-order valence-corrected chi connectivity index (χ2v) is 3.41. The molecule has 0 aromatic carbocycles. The van der Waals surface area contributed by atoms with Gasteiger partial charge in [-0.2, -0.15) is 0 Å². The minimum Gasteiger partial charge on any atom is -0.469 e. The Morgan fingerprint density at radius 3 is 3.43 bits per heavy atom. The first-order valence-corrected chi connectivity index (χ1v) is 4.65. The molecule has 0 spiro atoms. The van der Waals surface area contributed by atoms with Gasteiger partial charge in [0.25, 0.3) is 0 Å². The van der Waals surface area contributed by atoms with Crippen molar-refractivity contribution in [2.75, 3.05) is 13.7 Å². The van der Waals surface area contributed by atoms with Crippen LogP contribution in [0.5, 0.6) is 0 Å². The molecule has 4 heteroatoms. The lowest BCUT2D eigenvalue weighted by Crippen LogP contribution is -2.28. The zero-order valence-corrected chi connectivity index (χ0v) is 8.08. The fourth-order valence-corrected chi connectivity index (χ4v) is 1.79. The quantitative estimate of drug-likeness (QED) is 0.716. The highest BCUT2D eigenvalue weighted by Crippen LogP contribution is 2.27. The molecule has 1 aliphatic rings. The molecule has 0 bridgehead atoms. The molecule has 4 nitrogen and oxygen atoms in total. The third-order valence-corrected chi connectivity index (χ3v) is 2.54. The second-order valence-electron chi connectivity index (χ2n) is 3.41. The molecule has 0 aliphatic carbocycles. The predicted molar refractivity (Wildman–Crippen MR) is 49.8 cm³/mol. The number of rotatable bonds is 2. The van der Waals surface area contributed by atoms with E-state index in [9.17, 15) is 4.79 Å². The van der Waals surface area contributed by atoms with E-state index >= 15 is 0 Å². The number of esters is 1. The number of nitrogens with one attached hydrogen (secondary N) is 1. The number of furan rings is 1. The van der Waals surface area contributed by atoms with Gasteiger partial charge in [-0.25, -0.2) is 0 Å². The van der Waals surface area contributed by atoms with Crippen LogP contribution in [-0.4, -0.2) is 19.6 Å². The zero-order chi connectivity index (χ0) is 9.97. The van der Waals surface area contributed by atoms with Crippen LogP contribution in [0.1, 0.15) is 23.7 Å². The first kappa shape index (κ1) is 9.27. The summed E-state index contributed by atoms with van der Waals surface area (Å²) in [5.74, 6) is 0.945. The van der Waals surface area contributed by atoms with Gasteiger partial charge in [0.1, 0.15) is 5.76 Å². The molecule has 76 valence electrons. The molecule has 0 amide bonds. The zero-order valence-electron chi connectivity index (χ0n) is 8.08. The lowest BCUT2D eigenvalue weighted by molar-refractivity contribution is -0.141. The van der Waals surface area contributed by atoms with Gasteiger partial charge in [0.05, 0.1) is 26.3 Å². The highest BCUT2D eigenvalue weighted by molar-refractivity contribution is 5.70. The van der Waals surface area contributed by atoms with E-state index in [4.69, 9.17) is 4.42 Å². The average molecular weight is 195 g/mol. The van der Waals surface area contributed by atoms with E-state index in [-0.39, 0.29) is 11.9 Å². The van der Waals surface area contributed by atoms with Gasteiger partial charge in [0.2, 0.25) is 0 Å². The van der Waals surface area contributed by atoms with Gasteiger partial charge >= 0.3 is 5.97 Å². The van der Waals surface area contributed by atoms with E-state index in [1.807, 2.05) is 6.07 Å². The summed E-state index contributed by atoms with van der Waals surface area (Å²) in [5, 5.41) is 3.21. The van der Waals surface area contributed by atoms with Gasteiger partial charge in [-0.15, -0.1) is 0 Å². The summed E-state index contributed by atoms with van der Waals surface area (Å²) in [6, 6.07) is 1.93. The van der Waals surface area contributed by atoms with Crippen LogP contribution in [0.2, 0.25) is 0 Å². The first-order valence-electron chi connectivity index (χ1n) is 4.65. The summed E-state index contributed by atoms with van der Waals surface area (Å²) < 4.78 is 9.93. The van der Waals surface area contributed by atoms with E-state index in [1.54, 1.807) is 6.26 Å². The molecule has 0 radical (unpaired) electrons. The third-order valence-electron chi connectivity index (χ3n) is 2.54. The standard InChI is InChI=1S/C10H13NO3/c1-13-10(12)4-7-5-11-6-9-8(7)2-3-14-9/h2-3,7,11H,4-6H2,1H3. The van der Waals surface area contributed by atoms with E-state index in [0.29, 0.717) is 6.42 Å². The molecule has 1 atom stereocenters. The fourth-order valence-electron chi connectivity index (χ4n) is 1.79. The van der Waals surface area contributed by atoms with Gasteiger partial charge < -0.3 is 14.5 Å². The Morgan fingerprint density at radius 1 is 1.79 bits per heavy atom. The largest absolute Gasteiger partial charge is 0.469 e. The Morgan fingerprint density at radius 2 is 2.64 bits per heavy atom. The monoisotopic (exact) mass is 195 g/mol. The van der Waals surface area contributed by atoms with Crippen LogP contribution in [0.3, 0.4) is 0 Å². The Hall–Kier alpha value is -1.29. The first-order chi connectivity index (χ1) is 6.81. The molecule has 1 aliphatic heterocycles. The molecule has 14 heavy (non-hydrogen) atoms. The van der Waals surface area contributed by atoms with Crippen LogP contribution in [-0.2, 0) is 16.1 Å². The number of carbonyl (C=O) groups is 1. The summed E-state index contributed by atoms with van der Waals surface area (Å²) in [5.41, 5.74) is 1.13. The van der Waals surface area contributed by atoms with Crippen molar-refractivity contribution in [3.8, 4) is 0 Å². The molecule has 1 aromatic heterocycles. The summed E-state index contributed by atoms with van der Waals surface area (Å²) in [4.78, 5) is 11.1. The molecular formula is C10H13NO3. The number of fused-ring (bicyclic) bond motifs is 1. The summed E-state index contributed by atoms with van der Waals surface area (Å²) in [7, 11) is 1.41. The lowest BCUT2D eigenvalue weighted by Gasteiger charge is -2.21. The lowest BCUT2D eigenvalue weighted by atomic mass is 9.93. The Bertz CT molecular complexity index is 332. The van der Waals surface area contributed by atoms with Crippen molar-refractivity contribution in [3.05, 3.63) is 23.7 Å². The Labute approximate surface area is 82.2 Å². The van der Waals surface area contributed by atoms with Crippen LogP contribution < -0.4 is 5.32 Å².